The number of allylic oxidation sites excluding steroid dienone is 8. The maximum absolute atomic E-state index is 12.8. The van der Waals surface area contributed by atoms with E-state index in [4.69, 9.17) is 14.2 Å². The van der Waals surface area contributed by atoms with E-state index >= 15 is 0 Å². The molecule has 0 aliphatic heterocycles. The smallest absolute Gasteiger partial charge is 0.306 e. The third-order valence-corrected chi connectivity index (χ3v) is 11.3. The molecule has 1 unspecified atom stereocenters. The van der Waals surface area contributed by atoms with Crippen LogP contribution in [0.4, 0.5) is 0 Å². The molecule has 61 heavy (non-hydrogen) atoms. The van der Waals surface area contributed by atoms with Crippen LogP contribution in [0.15, 0.2) is 48.6 Å². The Kier molecular flexibility index (Phi) is 47.9. The standard InChI is InChI=1S/C55H98O6/c1-4-7-10-13-16-19-22-24-26-27-28-29-31-33-36-39-42-45-48-54(57)60-51-52(50-59-53(56)47-44-41-38-35-32-21-18-15-12-9-6-3)61-55(58)49-46-43-40-37-34-30-25-23-20-17-14-11-8-5-2/h15,18,26-30,34,52H,4-14,16-17,19-25,31-33,35-51H2,1-3H3/b18-15-,27-26-,29-28-,34-30-. The first-order valence-corrected chi connectivity index (χ1v) is 26.2. The van der Waals surface area contributed by atoms with Gasteiger partial charge in [0.25, 0.3) is 0 Å². The molecule has 0 aliphatic rings. The first-order valence-electron chi connectivity index (χ1n) is 26.2. The fraction of sp³-hybridized carbons (Fsp3) is 0.800. The molecule has 0 fully saturated rings. The highest BCUT2D eigenvalue weighted by atomic mass is 16.6. The van der Waals surface area contributed by atoms with Crippen LogP contribution in [0.25, 0.3) is 0 Å². The van der Waals surface area contributed by atoms with Gasteiger partial charge in [0.05, 0.1) is 0 Å². The summed E-state index contributed by atoms with van der Waals surface area (Å²) < 4.78 is 16.8. The van der Waals surface area contributed by atoms with Crippen LogP contribution in [0.3, 0.4) is 0 Å². The summed E-state index contributed by atoms with van der Waals surface area (Å²) in [6, 6.07) is 0. The number of hydrogen-bond donors (Lipinski definition) is 0. The molecular formula is C55H98O6. The van der Waals surface area contributed by atoms with E-state index in [0.717, 1.165) is 96.3 Å². The minimum absolute atomic E-state index is 0.0881. The van der Waals surface area contributed by atoms with Crippen molar-refractivity contribution in [1.29, 1.82) is 0 Å². The van der Waals surface area contributed by atoms with Gasteiger partial charge in [0.1, 0.15) is 13.2 Å². The minimum Gasteiger partial charge on any atom is -0.462 e. The summed E-state index contributed by atoms with van der Waals surface area (Å²) in [6.45, 7) is 6.57. The van der Waals surface area contributed by atoms with Crippen LogP contribution in [-0.2, 0) is 28.6 Å². The summed E-state index contributed by atoms with van der Waals surface area (Å²) in [5.41, 5.74) is 0. The van der Waals surface area contributed by atoms with E-state index in [9.17, 15) is 14.4 Å². The van der Waals surface area contributed by atoms with Gasteiger partial charge in [0, 0.05) is 19.3 Å². The van der Waals surface area contributed by atoms with Gasteiger partial charge in [0.15, 0.2) is 6.10 Å². The van der Waals surface area contributed by atoms with E-state index in [2.05, 4.69) is 69.4 Å². The van der Waals surface area contributed by atoms with Gasteiger partial charge < -0.3 is 14.2 Å². The SMILES string of the molecule is CCCC/C=C\CCCCCCCC(=O)OCC(COC(=O)CCCCCCC/C=C\C=C/CCCCCCCCC)OC(=O)CCCCC/C=C\CCCCCCCCC. The average Bonchev–Trinajstić information content (AvgIpc) is 3.26. The molecule has 0 amide bonds. The number of unbranched alkanes of at least 4 members (excludes halogenated alkanes) is 29. The van der Waals surface area contributed by atoms with Gasteiger partial charge >= 0.3 is 17.9 Å². The molecule has 6 heteroatoms. The Bertz CT molecular complexity index is 1070. The lowest BCUT2D eigenvalue weighted by molar-refractivity contribution is -0.167. The second-order valence-corrected chi connectivity index (χ2v) is 17.5. The van der Waals surface area contributed by atoms with E-state index in [-0.39, 0.29) is 31.1 Å². The second-order valence-electron chi connectivity index (χ2n) is 17.5. The first-order chi connectivity index (χ1) is 30.0. The van der Waals surface area contributed by atoms with Crippen LogP contribution >= 0.6 is 0 Å². The molecule has 0 saturated heterocycles. The van der Waals surface area contributed by atoms with Crippen LogP contribution in [0.5, 0.6) is 0 Å². The van der Waals surface area contributed by atoms with Gasteiger partial charge in [-0.25, -0.2) is 0 Å². The minimum atomic E-state index is -0.788. The van der Waals surface area contributed by atoms with Crippen molar-refractivity contribution in [2.45, 2.75) is 271 Å². The molecule has 354 valence electrons. The summed E-state index contributed by atoms with van der Waals surface area (Å²) in [4.78, 5) is 37.9. The maximum Gasteiger partial charge on any atom is 0.306 e. The lowest BCUT2D eigenvalue weighted by Crippen LogP contribution is -2.30. The highest BCUT2D eigenvalue weighted by molar-refractivity contribution is 5.71. The van der Waals surface area contributed by atoms with Crippen LogP contribution in [-0.4, -0.2) is 37.2 Å². The molecule has 1 atom stereocenters. The summed E-state index contributed by atoms with van der Waals surface area (Å²) in [6.07, 6.45) is 59.5. The van der Waals surface area contributed by atoms with E-state index in [1.54, 1.807) is 0 Å². The quantitative estimate of drug-likeness (QED) is 0.0199. The fourth-order valence-corrected chi connectivity index (χ4v) is 7.29. The molecule has 0 aliphatic carbocycles. The molecule has 0 bridgehead atoms. The molecule has 0 saturated carbocycles. The maximum atomic E-state index is 12.8. The zero-order chi connectivity index (χ0) is 44.4. The zero-order valence-corrected chi connectivity index (χ0v) is 40.4. The Morgan fingerprint density at radius 3 is 0.984 bits per heavy atom. The van der Waals surface area contributed by atoms with Gasteiger partial charge in [-0.2, -0.15) is 0 Å². The van der Waals surface area contributed by atoms with Crippen molar-refractivity contribution >= 4 is 17.9 Å². The molecule has 0 heterocycles. The average molecular weight is 855 g/mol. The summed E-state index contributed by atoms with van der Waals surface area (Å²) in [7, 11) is 0. The van der Waals surface area contributed by atoms with E-state index < -0.39 is 6.10 Å². The zero-order valence-electron chi connectivity index (χ0n) is 40.4. The predicted octanol–water partition coefficient (Wildman–Crippen LogP) is 17.1. The van der Waals surface area contributed by atoms with Crippen molar-refractivity contribution in [2.75, 3.05) is 13.2 Å². The van der Waals surface area contributed by atoms with Crippen molar-refractivity contribution < 1.29 is 28.6 Å². The molecule has 0 rings (SSSR count). The lowest BCUT2D eigenvalue weighted by atomic mass is 10.1. The third-order valence-electron chi connectivity index (χ3n) is 11.3. The van der Waals surface area contributed by atoms with Gasteiger partial charge in [-0.3, -0.25) is 14.4 Å². The third kappa shape index (κ3) is 48.3. The van der Waals surface area contributed by atoms with Crippen molar-refractivity contribution in [3.8, 4) is 0 Å². The number of ether oxygens (including phenoxy) is 3. The van der Waals surface area contributed by atoms with Gasteiger partial charge in [-0.05, 0) is 89.9 Å². The Morgan fingerprint density at radius 2 is 0.607 bits per heavy atom. The summed E-state index contributed by atoms with van der Waals surface area (Å²) in [5.74, 6) is -0.923. The van der Waals surface area contributed by atoms with Crippen LogP contribution in [0.1, 0.15) is 265 Å². The molecule has 0 aromatic heterocycles. The molecule has 0 N–H and O–H groups in total. The Morgan fingerprint density at radius 1 is 0.328 bits per heavy atom. The number of carbonyl (C=O) groups is 3. The van der Waals surface area contributed by atoms with E-state index in [1.165, 1.54) is 128 Å². The largest absolute Gasteiger partial charge is 0.462 e. The molecule has 0 aromatic rings. The highest BCUT2D eigenvalue weighted by Gasteiger charge is 2.19. The van der Waals surface area contributed by atoms with Crippen molar-refractivity contribution in [2.24, 2.45) is 0 Å². The van der Waals surface area contributed by atoms with E-state index in [0.29, 0.717) is 19.3 Å². The van der Waals surface area contributed by atoms with E-state index in [1.807, 2.05) is 0 Å². The Labute approximate surface area is 378 Å². The topological polar surface area (TPSA) is 78.9 Å². The first kappa shape index (κ1) is 58.4. The van der Waals surface area contributed by atoms with Crippen molar-refractivity contribution in [3.05, 3.63) is 48.6 Å². The second kappa shape index (κ2) is 50.0. The molecule has 0 aromatic carbocycles. The lowest BCUT2D eigenvalue weighted by Gasteiger charge is -2.18. The molecular weight excluding hydrogens is 757 g/mol. The predicted molar refractivity (Wildman–Crippen MR) is 261 cm³/mol. The molecule has 0 radical (unpaired) electrons. The van der Waals surface area contributed by atoms with Crippen molar-refractivity contribution in [1.82, 2.24) is 0 Å². The van der Waals surface area contributed by atoms with Gasteiger partial charge in [-0.15, -0.1) is 0 Å². The monoisotopic (exact) mass is 855 g/mol. The Balaban J connectivity index is 4.39. The normalized spacial score (nSPS) is 12.4. The molecule has 6 nitrogen and oxygen atoms in total. The molecule has 0 spiro atoms. The number of esters is 3. The number of hydrogen-bond acceptors (Lipinski definition) is 6. The van der Waals surface area contributed by atoms with Crippen LogP contribution in [0.2, 0.25) is 0 Å². The van der Waals surface area contributed by atoms with Crippen molar-refractivity contribution in [3.63, 3.8) is 0 Å². The highest BCUT2D eigenvalue weighted by Crippen LogP contribution is 2.14. The van der Waals surface area contributed by atoms with Gasteiger partial charge in [-0.1, -0.05) is 204 Å². The van der Waals surface area contributed by atoms with Gasteiger partial charge in [0.2, 0.25) is 0 Å². The fourth-order valence-electron chi connectivity index (χ4n) is 7.29. The summed E-state index contributed by atoms with van der Waals surface area (Å²) in [5, 5.41) is 0. The number of carbonyl (C=O) groups excluding carboxylic acids is 3. The van der Waals surface area contributed by atoms with Crippen LogP contribution in [0, 0.1) is 0 Å². The number of rotatable bonds is 47. The van der Waals surface area contributed by atoms with Crippen LogP contribution < -0.4 is 0 Å². The Hall–Kier alpha value is -2.63. The summed E-state index contributed by atoms with van der Waals surface area (Å²) >= 11 is 0.